The fourth-order valence-corrected chi connectivity index (χ4v) is 4.42. The smallest absolute Gasteiger partial charge is 0.327 e. The van der Waals surface area contributed by atoms with Crippen LogP contribution in [0.5, 0.6) is 0 Å². The summed E-state index contributed by atoms with van der Waals surface area (Å²) in [5.74, 6) is 0. The van der Waals surface area contributed by atoms with Crippen molar-refractivity contribution < 1.29 is 13.2 Å². The fraction of sp³-hybridized carbons (Fsp3) is 0.412. The molecule has 0 unspecified atom stereocenters. The van der Waals surface area contributed by atoms with Gasteiger partial charge in [-0.05, 0) is 84.5 Å². The first-order chi connectivity index (χ1) is 19.2. The standard InChI is InChI=1S/C24H25N3S.C7H14.C3H5F3/c1-4-18-14-19(22-9-7-13-25-22)11-12-20(18)21-8-5-6-10-24(21)28-27-23-15-26-17(3)16(23)2;1-6(2)7(3,4)5;1-2-3(4,5)6/h5-8,10-14,27H,4,9,15H2,1-3H3;1H2,2-5H3;2H2,1H3. The van der Waals surface area contributed by atoms with E-state index in [1.807, 2.05) is 6.20 Å². The van der Waals surface area contributed by atoms with Gasteiger partial charge in [0.2, 0.25) is 0 Å². The number of halogens is 3. The number of hydrogen-bond acceptors (Lipinski definition) is 4. The van der Waals surface area contributed by atoms with Crippen LogP contribution >= 0.6 is 11.9 Å². The summed E-state index contributed by atoms with van der Waals surface area (Å²) in [6.45, 7) is 20.6. The molecule has 0 fully saturated rings. The van der Waals surface area contributed by atoms with Gasteiger partial charge in [0.25, 0.3) is 0 Å². The summed E-state index contributed by atoms with van der Waals surface area (Å²) < 4.78 is 35.9. The number of rotatable bonds is 6. The maximum absolute atomic E-state index is 10.8. The third-order valence-corrected chi connectivity index (χ3v) is 8.00. The van der Waals surface area contributed by atoms with Gasteiger partial charge in [0.15, 0.2) is 0 Å². The normalized spacial score (nSPS) is 14.5. The molecule has 3 nitrogen and oxygen atoms in total. The summed E-state index contributed by atoms with van der Waals surface area (Å²) in [5, 5.41) is 0. The number of allylic oxidation sites excluding steroid dienone is 3. The van der Waals surface area contributed by atoms with Crippen LogP contribution in [0.15, 0.2) is 93.0 Å². The predicted molar refractivity (Wildman–Crippen MR) is 172 cm³/mol. The number of nitrogens with one attached hydrogen (secondary N) is 1. The van der Waals surface area contributed by atoms with Crippen LogP contribution in [0.25, 0.3) is 11.1 Å². The van der Waals surface area contributed by atoms with E-state index in [1.165, 1.54) is 44.0 Å². The number of hydrogen-bond donors (Lipinski definition) is 1. The third-order valence-electron chi connectivity index (χ3n) is 7.08. The van der Waals surface area contributed by atoms with E-state index in [-0.39, 0.29) is 0 Å². The Labute approximate surface area is 249 Å². The lowest BCUT2D eigenvalue weighted by molar-refractivity contribution is -0.130. The zero-order valence-corrected chi connectivity index (χ0v) is 26.5. The van der Waals surface area contributed by atoms with E-state index in [2.05, 4.69) is 118 Å². The molecule has 0 aromatic heterocycles. The lowest BCUT2D eigenvalue weighted by Gasteiger charge is -2.16. The van der Waals surface area contributed by atoms with E-state index >= 15 is 0 Å². The Hall–Kier alpha value is -3.06. The first-order valence-corrected chi connectivity index (χ1v) is 14.8. The van der Waals surface area contributed by atoms with Crippen molar-refractivity contribution in [3.63, 3.8) is 0 Å². The van der Waals surface area contributed by atoms with Gasteiger partial charge in [0.1, 0.15) is 0 Å². The van der Waals surface area contributed by atoms with Crippen molar-refractivity contribution in [3.8, 4) is 11.1 Å². The molecule has 0 radical (unpaired) electrons. The number of aryl methyl sites for hydroxylation is 1. The van der Waals surface area contributed by atoms with Crippen LogP contribution in [0.4, 0.5) is 13.2 Å². The van der Waals surface area contributed by atoms with E-state index in [9.17, 15) is 13.2 Å². The van der Waals surface area contributed by atoms with Gasteiger partial charge >= 0.3 is 6.18 Å². The largest absolute Gasteiger partial charge is 0.388 e. The highest BCUT2D eigenvalue weighted by Crippen LogP contribution is 2.34. The van der Waals surface area contributed by atoms with E-state index in [1.54, 1.807) is 11.9 Å². The maximum Gasteiger partial charge on any atom is 0.388 e. The fourth-order valence-electron chi connectivity index (χ4n) is 3.54. The van der Waals surface area contributed by atoms with E-state index in [0.717, 1.165) is 37.7 Å². The maximum atomic E-state index is 10.8. The van der Waals surface area contributed by atoms with Gasteiger partial charge in [-0.1, -0.05) is 83.2 Å². The van der Waals surface area contributed by atoms with Crippen molar-refractivity contribution >= 4 is 23.4 Å². The minimum atomic E-state index is -3.96. The molecule has 2 heterocycles. The third kappa shape index (κ3) is 10.7. The van der Waals surface area contributed by atoms with Gasteiger partial charge in [-0.2, -0.15) is 13.2 Å². The molecule has 0 saturated heterocycles. The molecule has 222 valence electrons. The zero-order valence-electron chi connectivity index (χ0n) is 25.7. The molecule has 2 aromatic rings. The highest BCUT2D eigenvalue weighted by Gasteiger charge is 2.22. The Balaban J connectivity index is 0.000000379. The summed E-state index contributed by atoms with van der Waals surface area (Å²) in [7, 11) is 0. The van der Waals surface area contributed by atoms with Crippen LogP contribution in [0.2, 0.25) is 0 Å². The van der Waals surface area contributed by atoms with Gasteiger partial charge in [0.05, 0.1) is 12.3 Å². The summed E-state index contributed by atoms with van der Waals surface area (Å²) in [5.41, 5.74) is 11.5. The molecule has 41 heavy (non-hydrogen) atoms. The molecule has 4 rings (SSSR count). The number of aliphatic imine (C=N–C) groups is 2. The average Bonchev–Trinajstić information content (AvgIpc) is 3.58. The summed E-state index contributed by atoms with van der Waals surface area (Å²) in [6.07, 6.45) is 1.24. The lowest BCUT2D eigenvalue weighted by atomic mass is 9.89. The van der Waals surface area contributed by atoms with Gasteiger partial charge in [-0.25, -0.2) is 0 Å². The minimum Gasteiger partial charge on any atom is -0.327 e. The lowest BCUT2D eigenvalue weighted by Crippen LogP contribution is -2.07. The van der Waals surface area contributed by atoms with E-state index < -0.39 is 12.6 Å². The van der Waals surface area contributed by atoms with Gasteiger partial charge in [-0.15, -0.1) is 0 Å². The Morgan fingerprint density at radius 2 is 1.66 bits per heavy atom. The number of benzene rings is 2. The molecule has 0 bridgehead atoms. The first-order valence-electron chi connectivity index (χ1n) is 14.0. The summed E-state index contributed by atoms with van der Waals surface area (Å²) in [4.78, 5) is 10.2. The second-order valence-corrected chi connectivity index (χ2v) is 11.9. The average molecular weight is 584 g/mol. The molecule has 0 aliphatic carbocycles. The van der Waals surface area contributed by atoms with Crippen LogP contribution < -0.4 is 4.72 Å². The van der Waals surface area contributed by atoms with Crippen LogP contribution in [0, 0.1) is 5.41 Å². The van der Waals surface area contributed by atoms with Crippen LogP contribution in [-0.2, 0) is 6.42 Å². The second-order valence-electron chi connectivity index (χ2n) is 11.1. The van der Waals surface area contributed by atoms with Gasteiger partial charge < -0.3 is 4.72 Å². The van der Waals surface area contributed by atoms with Crippen LogP contribution in [-0.4, -0.2) is 24.1 Å². The van der Waals surface area contributed by atoms with Crippen molar-refractivity contribution in [1.82, 2.24) is 4.72 Å². The molecule has 0 amide bonds. The SMILES string of the molecule is C=C(C)C(C)(C)C.CCC(F)(F)F.CCc1cc(C2=NC=CC2)ccc1-c1ccccc1SNC1=C(C)C(C)=NC1. The molecular weight excluding hydrogens is 539 g/mol. The van der Waals surface area contributed by atoms with E-state index in [4.69, 9.17) is 0 Å². The Kier molecular flexibility index (Phi) is 12.7. The quantitative estimate of drug-likeness (QED) is 0.271. The zero-order chi connectivity index (χ0) is 30.8. The van der Waals surface area contributed by atoms with Gasteiger partial charge in [0, 0.05) is 35.3 Å². The molecule has 2 aliphatic rings. The molecule has 0 atom stereocenters. The topological polar surface area (TPSA) is 36.8 Å². The molecule has 0 spiro atoms. The number of alkyl halides is 3. The minimum absolute atomic E-state index is 0.306. The summed E-state index contributed by atoms with van der Waals surface area (Å²) >= 11 is 1.68. The monoisotopic (exact) mass is 583 g/mol. The Bertz CT molecular complexity index is 1330. The molecule has 7 heteroatoms. The highest BCUT2D eigenvalue weighted by atomic mass is 32.2. The molecule has 1 N–H and O–H groups in total. The molecular formula is C34H44F3N3S. The van der Waals surface area contributed by atoms with Crippen molar-refractivity contribution in [3.05, 3.63) is 89.3 Å². The first kappa shape index (κ1) is 34.1. The molecule has 2 aromatic carbocycles. The highest BCUT2D eigenvalue weighted by molar-refractivity contribution is 7.97. The Morgan fingerprint density at radius 1 is 1.02 bits per heavy atom. The van der Waals surface area contributed by atoms with Crippen molar-refractivity contribution in [2.24, 2.45) is 15.4 Å². The van der Waals surface area contributed by atoms with Gasteiger partial charge in [-0.3, -0.25) is 9.98 Å². The summed E-state index contributed by atoms with van der Waals surface area (Å²) in [6, 6.07) is 15.4. The van der Waals surface area contributed by atoms with E-state index in [0.29, 0.717) is 5.41 Å². The predicted octanol–water partition coefficient (Wildman–Crippen LogP) is 10.5. The van der Waals surface area contributed by atoms with Crippen molar-refractivity contribution in [2.75, 3.05) is 6.54 Å². The van der Waals surface area contributed by atoms with Crippen LogP contribution in [0.3, 0.4) is 0 Å². The van der Waals surface area contributed by atoms with Crippen LogP contribution in [0.1, 0.15) is 79.4 Å². The number of nitrogens with zero attached hydrogens (tertiary/aromatic N) is 2. The van der Waals surface area contributed by atoms with Crippen molar-refractivity contribution in [1.29, 1.82) is 0 Å². The molecule has 0 saturated carbocycles. The molecule has 2 aliphatic heterocycles. The second kappa shape index (κ2) is 15.2. The van der Waals surface area contributed by atoms with Crippen molar-refractivity contribution in [2.45, 2.75) is 85.7 Å². The Morgan fingerprint density at radius 3 is 2.15 bits per heavy atom.